The third kappa shape index (κ3) is 3.42. The van der Waals surface area contributed by atoms with Crippen LogP contribution >= 0.6 is 0 Å². The van der Waals surface area contributed by atoms with Gasteiger partial charge in [-0.05, 0) is 44.4 Å². The van der Waals surface area contributed by atoms with Gasteiger partial charge in [0.25, 0.3) is 0 Å². The van der Waals surface area contributed by atoms with Crippen molar-refractivity contribution in [1.82, 2.24) is 20.2 Å². The fourth-order valence-electron chi connectivity index (χ4n) is 3.35. The molecule has 0 N–H and O–H groups in total. The zero-order valence-corrected chi connectivity index (χ0v) is 14.3. The van der Waals surface area contributed by atoms with E-state index in [0.717, 1.165) is 43.4 Å². The summed E-state index contributed by atoms with van der Waals surface area (Å²) < 4.78 is 39.0. The van der Waals surface area contributed by atoms with Crippen molar-refractivity contribution < 1.29 is 13.2 Å². The molecule has 1 aliphatic heterocycles. The van der Waals surface area contributed by atoms with Crippen molar-refractivity contribution in [1.29, 1.82) is 0 Å². The summed E-state index contributed by atoms with van der Waals surface area (Å²) >= 11 is 0. The first kappa shape index (κ1) is 17.0. The van der Waals surface area contributed by atoms with Crippen LogP contribution in [-0.2, 0) is 6.18 Å². The van der Waals surface area contributed by atoms with Crippen molar-refractivity contribution in [2.24, 2.45) is 0 Å². The number of rotatable bonds is 4. The lowest BCUT2D eigenvalue weighted by Crippen LogP contribution is -2.41. The fourth-order valence-corrected chi connectivity index (χ4v) is 3.35. The van der Waals surface area contributed by atoms with Crippen LogP contribution in [0.3, 0.4) is 0 Å². The van der Waals surface area contributed by atoms with E-state index in [-0.39, 0.29) is 18.0 Å². The van der Waals surface area contributed by atoms with E-state index in [9.17, 15) is 13.2 Å². The molecule has 9 heteroatoms. The van der Waals surface area contributed by atoms with Gasteiger partial charge in [-0.25, -0.2) is 9.97 Å². The Morgan fingerprint density at radius 1 is 1.08 bits per heavy atom. The molecule has 0 bridgehead atoms. The van der Waals surface area contributed by atoms with Crippen molar-refractivity contribution in [3.05, 3.63) is 35.8 Å². The molecule has 26 heavy (non-hydrogen) atoms. The molecule has 1 saturated carbocycles. The number of alkyl halides is 3. The topological polar surface area (TPSA) is 58.0 Å². The molecule has 138 valence electrons. The number of aryl methyl sites for hydroxylation is 1. The van der Waals surface area contributed by atoms with Crippen LogP contribution in [0.15, 0.2) is 24.4 Å². The van der Waals surface area contributed by atoms with Crippen LogP contribution in [-0.4, -0.2) is 45.3 Å². The quantitative estimate of drug-likeness (QED) is 0.832. The van der Waals surface area contributed by atoms with Gasteiger partial charge in [0, 0.05) is 25.3 Å². The Kier molecular flexibility index (Phi) is 4.16. The molecular formula is C17H19F3N6. The molecule has 0 amide bonds. The molecule has 0 aromatic carbocycles. The Balaban J connectivity index is 1.56. The summed E-state index contributed by atoms with van der Waals surface area (Å²) in [5, 5.41) is 8.29. The normalized spacial score (nSPS) is 20.5. The molecule has 2 aliphatic rings. The molecule has 4 rings (SSSR count). The Morgan fingerprint density at radius 3 is 2.54 bits per heavy atom. The molecule has 0 radical (unpaired) electrons. The number of hydrogen-bond donors (Lipinski definition) is 0. The van der Waals surface area contributed by atoms with E-state index < -0.39 is 11.9 Å². The molecule has 6 nitrogen and oxygen atoms in total. The van der Waals surface area contributed by atoms with Gasteiger partial charge in [0.05, 0.1) is 11.7 Å². The Hall–Kier alpha value is -2.45. The Labute approximate surface area is 149 Å². The smallest absolute Gasteiger partial charge is 0.353 e. The summed E-state index contributed by atoms with van der Waals surface area (Å²) in [6.07, 6.45) is -0.530. The van der Waals surface area contributed by atoms with Gasteiger partial charge in [-0.2, -0.15) is 18.3 Å². The molecule has 2 aromatic heterocycles. The van der Waals surface area contributed by atoms with Gasteiger partial charge in [0.15, 0.2) is 5.82 Å². The lowest BCUT2D eigenvalue weighted by Gasteiger charge is -2.29. The molecule has 2 aromatic rings. The third-order valence-electron chi connectivity index (χ3n) is 4.77. The van der Waals surface area contributed by atoms with Gasteiger partial charge >= 0.3 is 6.18 Å². The van der Waals surface area contributed by atoms with Crippen molar-refractivity contribution in [2.75, 3.05) is 22.9 Å². The lowest BCUT2D eigenvalue weighted by molar-refractivity contribution is -0.141. The maximum absolute atomic E-state index is 13.0. The number of nitrogens with zero attached hydrogens (tertiary/aromatic N) is 6. The van der Waals surface area contributed by atoms with E-state index in [4.69, 9.17) is 0 Å². The Morgan fingerprint density at radius 2 is 1.88 bits per heavy atom. The SMILES string of the molecule is Cc1ccc(N2CCC(N(c3nccc(C(F)(F)F)n3)C3CC3)C2)nn1. The van der Waals surface area contributed by atoms with E-state index >= 15 is 0 Å². The average Bonchev–Trinajstić information content (AvgIpc) is 3.32. The van der Waals surface area contributed by atoms with Gasteiger partial charge < -0.3 is 9.80 Å². The second-order valence-corrected chi connectivity index (χ2v) is 6.80. The van der Waals surface area contributed by atoms with Gasteiger partial charge in [0.1, 0.15) is 5.69 Å². The Bertz CT molecular complexity index is 775. The fraction of sp³-hybridized carbons (Fsp3) is 0.529. The summed E-state index contributed by atoms with van der Waals surface area (Å²) in [7, 11) is 0. The first-order valence-corrected chi connectivity index (χ1v) is 8.65. The van der Waals surface area contributed by atoms with E-state index in [0.29, 0.717) is 6.54 Å². The number of hydrogen-bond acceptors (Lipinski definition) is 6. The van der Waals surface area contributed by atoms with Crippen LogP contribution in [0.4, 0.5) is 24.9 Å². The second-order valence-electron chi connectivity index (χ2n) is 6.80. The van der Waals surface area contributed by atoms with Crippen molar-refractivity contribution in [2.45, 2.75) is 44.4 Å². The van der Waals surface area contributed by atoms with Crippen molar-refractivity contribution in [3.8, 4) is 0 Å². The van der Waals surface area contributed by atoms with Crippen molar-refractivity contribution >= 4 is 11.8 Å². The predicted molar refractivity (Wildman–Crippen MR) is 89.9 cm³/mol. The summed E-state index contributed by atoms with van der Waals surface area (Å²) in [6.45, 7) is 3.34. The van der Waals surface area contributed by atoms with Gasteiger partial charge in [-0.15, -0.1) is 5.10 Å². The molecule has 1 unspecified atom stereocenters. The molecule has 1 aliphatic carbocycles. The highest BCUT2D eigenvalue weighted by Crippen LogP contribution is 2.36. The van der Waals surface area contributed by atoms with Gasteiger partial charge in [0.2, 0.25) is 5.95 Å². The van der Waals surface area contributed by atoms with Gasteiger partial charge in [-0.3, -0.25) is 0 Å². The summed E-state index contributed by atoms with van der Waals surface area (Å²) in [5.74, 6) is 0.961. The highest BCUT2D eigenvalue weighted by atomic mass is 19.4. The van der Waals surface area contributed by atoms with Crippen LogP contribution in [0.25, 0.3) is 0 Å². The summed E-state index contributed by atoms with van der Waals surface area (Å²) in [5.41, 5.74) is -0.0473. The number of aromatic nitrogens is 4. The average molecular weight is 364 g/mol. The van der Waals surface area contributed by atoms with Gasteiger partial charge in [-0.1, -0.05) is 0 Å². The minimum atomic E-state index is -4.47. The molecule has 3 heterocycles. The highest BCUT2D eigenvalue weighted by Gasteiger charge is 2.40. The lowest BCUT2D eigenvalue weighted by atomic mass is 10.2. The minimum absolute atomic E-state index is 0.0640. The maximum Gasteiger partial charge on any atom is 0.433 e. The minimum Gasteiger partial charge on any atom is -0.353 e. The number of anilines is 2. The van der Waals surface area contributed by atoms with Crippen LogP contribution in [0.1, 0.15) is 30.7 Å². The van der Waals surface area contributed by atoms with E-state index in [1.165, 1.54) is 6.20 Å². The zero-order valence-electron chi connectivity index (χ0n) is 14.3. The van der Waals surface area contributed by atoms with Crippen LogP contribution in [0.2, 0.25) is 0 Å². The monoisotopic (exact) mass is 364 g/mol. The summed E-state index contributed by atoms with van der Waals surface area (Å²) in [4.78, 5) is 12.0. The molecule has 1 saturated heterocycles. The largest absolute Gasteiger partial charge is 0.433 e. The second kappa shape index (κ2) is 6.37. The first-order valence-electron chi connectivity index (χ1n) is 8.65. The standard InChI is InChI=1S/C17H19F3N6/c1-11-2-5-15(24-23-11)25-9-7-13(10-25)26(12-3-4-12)16-21-8-6-14(22-16)17(18,19)20/h2,5-6,8,12-13H,3-4,7,9-10H2,1H3. The summed E-state index contributed by atoms with van der Waals surface area (Å²) in [6, 6.07) is 5.02. The molecule has 2 fully saturated rings. The van der Waals surface area contributed by atoms with Crippen molar-refractivity contribution in [3.63, 3.8) is 0 Å². The molecule has 0 spiro atoms. The van der Waals surface area contributed by atoms with Crippen LogP contribution in [0, 0.1) is 6.92 Å². The van der Waals surface area contributed by atoms with Crippen LogP contribution in [0.5, 0.6) is 0 Å². The first-order chi connectivity index (χ1) is 12.4. The van der Waals surface area contributed by atoms with E-state index in [1.54, 1.807) is 0 Å². The maximum atomic E-state index is 13.0. The molecular weight excluding hydrogens is 345 g/mol. The molecule has 1 atom stereocenters. The number of halogens is 3. The van der Waals surface area contributed by atoms with Crippen LogP contribution < -0.4 is 9.80 Å². The predicted octanol–water partition coefficient (Wildman–Crippen LogP) is 2.84. The third-order valence-corrected chi connectivity index (χ3v) is 4.77. The van der Waals surface area contributed by atoms with E-state index in [2.05, 4.69) is 25.1 Å². The van der Waals surface area contributed by atoms with E-state index in [1.807, 2.05) is 24.0 Å². The highest BCUT2D eigenvalue weighted by molar-refractivity contribution is 5.44. The zero-order chi connectivity index (χ0) is 18.3.